The Morgan fingerprint density at radius 2 is 1.78 bits per heavy atom. The molecule has 0 fully saturated rings. The molecule has 2 aromatic carbocycles. The average Bonchev–Trinajstić information content (AvgIpc) is 3.00. The number of nitro benzene ring substituents is 1. The number of nitro groups is 1. The van der Waals surface area contributed by atoms with Gasteiger partial charge in [-0.2, -0.15) is 5.26 Å². The van der Waals surface area contributed by atoms with E-state index in [2.05, 4.69) is 0 Å². The van der Waals surface area contributed by atoms with E-state index in [4.69, 9.17) is 5.73 Å². The quantitative estimate of drug-likeness (QED) is 0.570. The zero-order valence-corrected chi connectivity index (χ0v) is 12.7. The second-order valence-electron chi connectivity index (χ2n) is 4.88. The van der Waals surface area contributed by atoms with Crippen LogP contribution < -0.4 is 5.73 Å². The van der Waals surface area contributed by atoms with Crippen molar-refractivity contribution in [3.05, 3.63) is 69.6 Å². The third-order valence-corrected chi connectivity index (χ3v) is 4.47. The van der Waals surface area contributed by atoms with E-state index in [-0.39, 0.29) is 11.3 Å². The standard InChI is InChI=1S/C17H11N3O2S/c18-10-13-9-14(20(21)22)5-6-15(13)11-1-3-12(4-2-11)17-16(19)7-8-23-17/h1-9H,19H2. The van der Waals surface area contributed by atoms with Crippen LogP contribution in [0.5, 0.6) is 0 Å². The van der Waals surface area contributed by atoms with Crippen molar-refractivity contribution >= 4 is 22.7 Å². The maximum absolute atomic E-state index is 10.8. The van der Waals surface area contributed by atoms with Crippen LogP contribution in [0.4, 0.5) is 11.4 Å². The third kappa shape index (κ3) is 2.78. The summed E-state index contributed by atoms with van der Waals surface area (Å²) in [6, 6.07) is 15.8. The Bertz CT molecular complexity index is 924. The van der Waals surface area contributed by atoms with Crippen LogP contribution in [0, 0.1) is 21.4 Å². The van der Waals surface area contributed by atoms with Crippen molar-refractivity contribution in [3.8, 4) is 27.6 Å². The number of non-ortho nitro benzene ring substituents is 1. The molecule has 0 aliphatic heterocycles. The molecule has 0 atom stereocenters. The van der Waals surface area contributed by atoms with E-state index >= 15 is 0 Å². The van der Waals surface area contributed by atoms with Crippen LogP contribution >= 0.6 is 11.3 Å². The summed E-state index contributed by atoms with van der Waals surface area (Å²) in [5, 5.41) is 22.0. The Kier molecular flexibility index (Phi) is 3.79. The summed E-state index contributed by atoms with van der Waals surface area (Å²) in [4.78, 5) is 11.3. The minimum Gasteiger partial charge on any atom is -0.398 e. The van der Waals surface area contributed by atoms with Crippen LogP contribution in [0.3, 0.4) is 0 Å². The summed E-state index contributed by atoms with van der Waals surface area (Å²) < 4.78 is 0. The van der Waals surface area contributed by atoms with E-state index in [0.717, 1.165) is 21.7 Å². The van der Waals surface area contributed by atoms with Crippen LogP contribution in [0.2, 0.25) is 0 Å². The molecule has 2 N–H and O–H groups in total. The Morgan fingerprint density at radius 3 is 2.35 bits per heavy atom. The predicted molar refractivity (Wildman–Crippen MR) is 91.0 cm³/mol. The molecule has 5 nitrogen and oxygen atoms in total. The summed E-state index contributed by atoms with van der Waals surface area (Å²) in [6.45, 7) is 0. The molecular weight excluding hydrogens is 310 g/mol. The molecule has 3 aromatic rings. The number of anilines is 1. The predicted octanol–water partition coefficient (Wildman–Crippen LogP) is 4.44. The van der Waals surface area contributed by atoms with Crippen molar-refractivity contribution in [2.75, 3.05) is 5.73 Å². The molecule has 0 saturated carbocycles. The van der Waals surface area contributed by atoms with Crippen LogP contribution in [0.1, 0.15) is 5.56 Å². The number of hydrogen-bond donors (Lipinski definition) is 1. The van der Waals surface area contributed by atoms with Gasteiger partial charge in [0.2, 0.25) is 0 Å². The molecular formula is C17H11N3O2S. The highest BCUT2D eigenvalue weighted by Crippen LogP contribution is 2.34. The molecule has 3 rings (SSSR count). The van der Waals surface area contributed by atoms with Gasteiger partial charge in [-0.05, 0) is 34.2 Å². The number of hydrogen-bond acceptors (Lipinski definition) is 5. The SMILES string of the molecule is N#Cc1cc([N+](=O)[O-])ccc1-c1ccc(-c2sccc2N)cc1. The van der Waals surface area contributed by atoms with Gasteiger partial charge in [0.1, 0.15) is 6.07 Å². The van der Waals surface area contributed by atoms with Crippen molar-refractivity contribution in [1.82, 2.24) is 0 Å². The van der Waals surface area contributed by atoms with Crippen molar-refractivity contribution in [2.24, 2.45) is 0 Å². The highest BCUT2D eigenvalue weighted by Gasteiger charge is 2.12. The Labute approximate surface area is 136 Å². The maximum atomic E-state index is 10.8. The van der Waals surface area contributed by atoms with E-state index < -0.39 is 4.92 Å². The number of rotatable bonds is 3. The summed E-state index contributed by atoms with van der Waals surface area (Å²) >= 11 is 1.56. The van der Waals surface area contributed by atoms with Crippen molar-refractivity contribution < 1.29 is 4.92 Å². The van der Waals surface area contributed by atoms with Gasteiger partial charge in [-0.25, -0.2) is 0 Å². The molecule has 0 bridgehead atoms. The van der Waals surface area contributed by atoms with Crippen LogP contribution in [0.25, 0.3) is 21.6 Å². The molecule has 0 aliphatic carbocycles. The highest BCUT2D eigenvalue weighted by atomic mass is 32.1. The number of nitrogens with zero attached hydrogens (tertiary/aromatic N) is 2. The average molecular weight is 321 g/mol. The van der Waals surface area contributed by atoms with E-state index in [1.807, 2.05) is 41.8 Å². The van der Waals surface area contributed by atoms with Gasteiger partial charge < -0.3 is 5.73 Å². The van der Waals surface area contributed by atoms with Gasteiger partial charge in [-0.1, -0.05) is 24.3 Å². The Hall–Kier alpha value is -3.17. The van der Waals surface area contributed by atoms with E-state index in [1.165, 1.54) is 12.1 Å². The molecule has 0 unspecified atom stereocenters. The topological polar surface area (TPSA) is 92.9 Å². The fourth-order valence-electron chi connectivity index (χ4n) is 2.34. The lowest BCUT2D eigenvalue weighted by Crippen LogP contribution is -1.91. The smallest absolute Gasteiger partial charge is 0.270 e. The highest BCUT2D eigenvalue weighted by molar-refractivity contribution is 7.14. The molecule has 1 aromatic heterocycles. The van der Waals surface area contributed by atoms with Crippen molar-refractivity contribution in [2.45, 2.75) is 0 Å². The number of nitriles is 1. The maximum Gasteiger partial charge on any atom is 0.270 e. The van der Waals surface area contributed by atoms with Gasteiger partial charge in [0, 0.05) is 12.1 Å². The second kappa shape index (κ2) is 5.91. The molecule has 0 aliphatic rings. The van der Waals surface area contributed by atoms with Gasteiger partial charge in [-0.3, -0.25) is 10.1 Å². The molecule has 0 amide bonds. The van der Waals surface area contributed by atoms with E-state index in [1.54, 1.807) is 17.4 Å². The van der Waals surface area contributed by atoms with Gasteiger partial charge >= 0.3 is 0 Å². The molecule has 0 radical (unpaired) electrons. The lowest BCUT2D eigenvalue weighted by atomic mass is 9.98. The molecule has 23 heavy (non-hydrogen) atoms. The third-order valence-electron chi connectivity index (χ3n) is 3.49. The first-order valence-corrected chi connectivity index (χ1v) is 7.60. The molecule has 6 heteroatoms. The molecule has 1 heterocycles. The van der Waals surface area contributed by atoms with Crippen LogP contribution in [-0.4, -0.2) is 4.92 Å². The van der Waals surface area contributed by atoms with Gasteiger partial charge in [0.25, 0.3) is 5.69 Å². The molecule has 0 saturated heterocycles. The summed E-state index contributed by atoms with van der Waals surface area (Å²) in [5.41, 5.74) is 9.34. The van der Waals surface area contributed by atoms with E-state index in [9.17, 15) is 15.4 Å². The summed E-state index contributed by atoms with van der Waals surface area (Å²) in [6.07, 6.45) is 0. The van der Waals surface area contributed by atoms with Gasteiger partial charge in [-0.15, -0.1) is 11.3 Å². The Balaban J connectivity index is 2.01. The fraction of sp³-hybridized carbons (Fsp3) is 0. The lowest BCUT2D eigenvalue weighted by Gasteiger charge is -2.06. The number of thiophene rings is 1. The van der Waals surface area contributed by atoms with Crippen molar-refractivity contribution in [3.63, 3.8) is 0 Å². The number of nitrogens with two attached hydrogens (primary N) is 1. The summed E-state index contributed by atoms with van der Waals surface area (Å²) in [5.74, 6) is 0. The van der Waals surface area contributed by atoms with E-state index in [0.29, 0.717) is 5.56 Å². The lowest BCUT2D eigenvalue weighted by molar-refractivity contribution is -0.384. The minimum atomic E-state index is -0.507. The van der Waals surface area contributed by atoms with Crippen molar-refractivity contribution in [1.29, 1.82) is 5.26 Å². The molecule has 0 spiro atoms. The van der Waals surface area contributed by atoms with Gasteiger partial charge in [0.05, 0.1) is 21.1 Å². The fourth-order valence-corrected chi connectivity index (χ4v) is 3.17. The zero-order chi connectivity index (χ0) is 16.4. The first kappa shape index (κ1) is 14.8. The first-order valence-electron chi connectivity index (χ1n) is 6.72. The second-order valence-corrected chi connectivity index (χ2v) is 5.80. The number of nitrogen functional groups attached to an aromatic ring is 1. The zero-order valence-electron chi connectivity index (χ0n) is 11.9. The largest absolute Gasteiger partial charge is 0.398 e. The summed E-state index contributed by atoms with van der Waals surface area (Å²) in [7, 11) is 0. The number of benzene rings is 2. The Morgan fingerprint density at radius 1 is 1.09 bits per heavy atom. The minimum absolute atomic E-state index is 0.0896. The monoisotopic (exact) mass is 321 g/mol. The first-order chi connectivity index (χ1) is 11.1. The normalized spacial score (nSPS) is 10.2. The molecule has 112 valence electrons. The van der Waals surface area contributed by atoms with Crippen LogP contribution in [0.15, 0.2) is 53.9 Å². The van der Waals surface area contributed by atoms with Crippen LogP contribution in [-0.2, 0) is 0 Å². The van der Waals surface area contributed by atoms with Gasteiger partial charge in [0.15, 0.2) is 0 Å².